The summed E-state index contributed by atoms with van der Waals surface area (Å²) < 4.78 is 16.1. The molecule has 0 aliphatic carbocycles. The van der Waals surface area contributed by atoms with Crippen molar-refractivity contribution in [1.29, 1.82) is 0 Å². The van der Waals surface area contributed by atoms with Gasteiger partial charge in [0.1, 0.15) is 17.6 Å². The first-order chi connectivity index (χ1) is 7.74. The van der Waals surface area contributed by atoms with Gasteiger partial charge in [0, 0.05) is 6.07 Å². The van der Waals surface area contributed by atoms with Crippen LogP contribution < -0.4 is 9.47 Å². The van der Waals surface area contributed by atoms with Crippen molar-refractivity contribution in [1.82, 2.24) is 0 Å². The van der Waals surface area contributed by atoms with E-state index in [-0.39, 0.29) is 6.10 Å². The van der Waals surface area contributed by atoms with Crippen LogP contribution in [0.5, 0.6) is 11.5 Å². The molecule has 1 aromatic carbocycles. The molecule has 1 aliphatic heterocycles. The van der Waals surface area contributed by atoms with E-state index in [1.807, 2.05) is 18.2 Å². The Kier molecular flexibility index (Phi) is 3.15. The zero-order valence-electron chi connectivity index (χ0n) is 9.82. The minimum atomic E-state index is 0.0315. The summed E-state index contributed by atoms with van der Waals surface area (Å²) in [6, 6.07) is 5.82. The molecule has 0 aromatic heterocycles. The zero-order valence-corrected chi connectivity index (χ0v) is 9.82. The Balaban J connectivity index is 2.36. The highest BCUT2D eigenvalue weighted by molar-refractivity contribution is 5.42. The van der Waals surface area contributed by atoms with Crippen LogP contribution in [-0.2, 0) is 4.74 Å². The smallest absolute Gasteiger partial charge is 0.122 e. The van der Waals surface area contributed by atoms with Gasteiger partial charge in [-0.25, -0.2) is 0 Å². The van der Waals surface area contributed by atoms with Gasteiger partial charge in [0.2, 0.25) is 0 Å². The van der Waals surface area contributed by atoms with E-state index in [1.54, 1.807) is 14.2 Å². The second kappa shape index (κ2) is 4.58. The standard InChI is InChI=1S/C13H16O3/c1-9-4-5-16-13(9)10-6-11(14-2)8-12(7-10)15-3/h4,6-8,13H,5H2,1-3H3. The van der Waals surface area contributed by atoms with Crippen molar-refractivity contribution >= 4 is 0 Å². The zero-order chi connectivity index (χ0) is 11.5. The van der Waals surface area contributed by atoms with Crippen molar-refractivity contribution in [3.8, 4) is 11.5 Å². The molecular weight excluding hydrogens is 204 g/mol. The van der Waals surface area contributed by atoms with Crippen molar-refractivity contribution < 1.29 is 14.2 Å². The summed E-state index contributed by atoms with van der Waals surface area (Å²) in [4.78, 5) is 0. The molecular formula is C13H16O3. The Bertz CT molecular complexity index is 387. The topological polar surface area (TPSA) is 27.7 Å². The van der Waals surface area contributed by atoms with Crippen molar-refractivity contribution in [2.24, 2.45) is 0 Å². The fourth-order valence-electron chi connectivity index (χ4n) is 1.85. The van der Waals surface area contributed by atoms with E-state index in [4.69, 9.17) is 14.2 Å². The Morgan fingerprint density at radius 3 is 2.19 bits per heavy atom. The van der Waals surface area contributed by atoms with E-state index in [0.717, 1.165) is 17.1 Å². The van der Waals surface area contributed by atoms with Gasteiger partial charge >= 0.3 is 0 Å². The van der Waals surface area contributed by atoms with E-state index in [9.17, 15) is 0 Å². The first-order valence-electron chi connectivity index (χ1n) is 5.26. The van der Waals surface area contributed by atoms with Crippen molar-refractivity contribution in [3.63, 3.8) is 0 Å². The Hall–Kier alpha value is -1.48. The fraction of sp³-hybridized carbons (Fsp3) is 0.385. The van der Waals surface area contributed by atoms with Crippen molar-refractivity contribution in [3.05, 3.63) is 35.4 Å². The van der Waals surface area contributed by atoms with E-state index in [0.29, 0.717) is 6.61 Å². The molecule has 1 atom stereocenters. The molecule has 0 fully saturated rings. The normalized spacial score (nSPS) is 19.4. The number of rotatable bonds is 3. The van der Waals surface area contributed by atoms with Crippen LogP contribution in [0, 0.1) is 0 Å². The van der Waals surface area contributed by atoms with Crippen LogP contribution in [0.2, 0.25) is 0 Å². The Morgan fingerprint density at radius 2 is 1.75 bits per heavy atom. The SMILES string of the molecule is COc1cc(OC)cc(C2OCC=C2C)c1. The molecule has 16 heavy (non-hydrogen) atoms. The number of hydrogen-bond donors (Lipinski definition) is 0. The lowest BCUT2D eigenvalue weighted by molar-refractivity contribution is 0.123. The maximum Gasteiger partial charge on any atom is 0.122 e. The van der Waals surface area contributed by atoms with Crippen LogP contribution in [0.4, 0.5) is 0 Å². The molecule has 0 saturated heterocycles. The number of methoxy groups -OCH3 is 2. The van der Waals surface area contributed by atoms with E-state index in [2.05, 4.69) is 13.0 Å². The van der Waals surface area contributed by atoms with Crippen LogP contribution in [0.25, 0.3) is 0 Å². The largest absolute Gasteiger partial charge is 0.497 e. The second-order valence-corrected chi connectivity index (χ2v) is 3.81. The molecule has 2 rings (SSSR count). The van der Waals surface area contributed by atoms with Gasteiger partial charge in [-0.1, -0.05) is 6.08 Å². The molecule has 0 spiro atoms. The van der Waals surface area contributed by atoms with Crippen molar-refractivity contribution in [2.45, 2.75) is 13.0 Å². The number of benzene rings is 1. The first kappa shape index (κ1) is 11.0. The van der Waals surface area contributed by atoms with E-state index >= 15 is 0 Å². The average Bonchev–Trinajstić information content (AvgIpc) is 2.74. The van der Waals surface area contributed by atoms with Gasteiger partial charge in [-0.15, -0.1) is 0 Å². The van der Waals surface area contributed by atoms with Gasteiger partial charge in [-0.3, -0.25) is 0 Å². The third-order valence-corrected chi connectivity index (χ3v) is 2.76. The van der Waals surface area contributed by atoms with Gasteiger partial charge in [0.05, 0.1) is 20.8 Å². The van der Waals surface area contributed by atoms with Crippen LogP contribution in [-0.4, -0.2) is 20.8 Å². The Labute approximate surface area is 95.6 Å². The highest BCUT2D eigenvalue weighted by Gasteiger charge is 2.19. The molecule has 1 aliphatic rings. The predicted octanol–water partition coefficient (Wildman–Crippen LogP) is 2.72. The van der Waals surface area contributed by atoms with Gasteiger partial charge in [-0.05, 0) is 30.2 Å². The quantitative estimate of drug-likeness (QED) is 0.733. The van der Waals surface area contributed by atoms with Gasteiger partial charge in [-0.2, -0.15) is 0 Å². The molecule has 86 valence electrons. The lowest BCUT2D eigenvalue weighted by Crippen LogP contribution is -2.00. The summed E-state index contributed by atoms with van der Waals surface area (Å²) in [7, 11) is 3.30. The summed E-state index contributed by atoms with van der Waals surface area (Å²) in [5, 5.41) is 0. The molecule has 3 nitrogen and oxygen atoms in total. The van der Waals surface area contributed by atoms with E-state index in [1.165, 1.54) is 5.57 Å². The molecule has 3 heteroatoms. The fourth-order valence-corrected chi connectivity index (χ4v) is 1.85. The van der Waals surface area contributed by atoms with E-state index < -0.39 is 0 Å². The first-order valence-corrected chi connectivity index (χ1v) is 5.26. The van der Waals surface area contributed by atoms with Crippen LogP contribution >= 0.6 is 0 Å². The summed E-state index contributed by atoms with van der Waals surface area (Å²) in [5.74, 6) is 1.58. The Morgan fingerprint density at radius 1 is 1.12 bits per heavy atom. The minimum Gasteiger partial charge on any atom is -0.497 e. The molecule has 1 unspecified atom stereocenters. The molecule has 1 heterocycles. The molecule has 1 aromatic rings. The molecule has 0 radical (unpaired) electrons. The summed E-state index contributed by atoms with van der Waals surface area (Å²) in [6.45, 7) is 2.75. The summed E-state index contributed by atoms with van der Waals surface area (Å²) >= 11 is 0. The third-order valence-electron chi connectivity index (χ3n) is 2.76. The predicted molar refractivity (Wildman–Crippen MR) is 62.0 cm³/mol. The number of hydrogen-bond acceptors (Lipinski definition) is 3. The highest BCUT2D eigenvalue weighted by Crippen LogP contribution is 2.34. The highest BCUT2D eigenvalue weighted by atomic mass is 16.5. The summed E-state index contributed by atoms with van der Waals surface area (Å²) in [5.41, 5.74) is 2.30. The molecule has 0 N–H and O–H groups in total. The lowest BCUT2D eigenvalue weighted by atomic mass is 10.0. The summed E-state index contributed by atoms with van der Waals surface area (Å²) in [6.07, 6.45) is 2.13. The van der Waals surface area contributed by atoms with Gasteiger partial charge in [0.25, 0.3) is 0 Å². The lowest BCUT2D eigenvalue weighted by Gasteiger charge is -2.15. The van der Waals surface area contributed by atoms with Crippen molar-refractivity contribution in [2.75, 3.05) is 20.8 Å². The molecule has 0 amide bonds. The minimum absolute atomic E-state index is 0.0315. The monoisotopic (exact) mass is 220 g/mol. The van der Waals surface area contributed by atoms with Gasteiger partial charge in [0.15, 0.2) is 0 Å². The third kappa shape index (κ3) is 2.04. The van der Waals surface area contributed by atoms with Crippen LogP contribution in [0.3, 0.4) is 0 Å². The maximum atomic E-state index is 5.65. The van der Waals surface area contributed by atoms with Crippen LogP contribution in [0.15, 0.2) is 29.8 Å². The van der Waals surface area contributed by atoms with Gasteiger partial charge < -0.3 is 14.2 Å². The molecule has 0 bridgehead atoms. The molecule has 0 saturated carbocycles. The number of ether oxygens (including phenoxy) is 3. The second-order valence-electron chi connectivity index (χ2n) is 3.81. The van der Waals surface area contributed by atoms with Crippen LogP contribution in [0.1, 0.15) is 18.6 Å². The maximum absolute atomic E-state index is 5.65. The average molecular weight is 220 g/mol.